The van der Waals surface area contributed by atoms with Gasteiger partial charge in [0.2, 0.25) is 5.91 Å². The van der Waals surface area contributed by atoms with E-state index in [-0.39, 0.29) is 23.3 Å². The zero-order valence-corrected chi connectivity index (χ0v) is 14.2. The average Bonchev–Trinajstić information content (AvgIpc) is 2.98. The van der Waals surface area contributed by atoms with Crippen LogP contribution in [0.25, 0.3) is 11.1 Å². The van der Waals surface area contributed by atoms with Crippen LogP contribution in [-0.4, -0.2) is 23.8 Å². The van der Waals surface area contributed by atoms with Crippen molar-refractivity contribution < 1.29 is 9.18 Å². The normalized spacial score (nSPS) is 21.5. The molecule has 0 aliphatic carbocycles. The number of carbonyl (C=O) groups is 1. The fourth-order valence-electron chi connectivity index (χ4n) is 2.54. The smallest absolute Gasteiger partial charge is 0.231 e. The first-order chi connectivity index (χ1) is 10.8. The number of carbonyl (C=O) groups excluding carboxylic acids is 1. The molecule has 2 N–H and O–H groups in total. The van der Waals surface area contributed by atoms with Crippen molar-refractivity contribution in [3.05, 3.63) is 45.4 Å². The van der Waals surface area contributed by atoms with Gasteiger partial charge >= 0.3 is 0 Å². The Hall–Kier alpha value is -1.92. The molecule has 1 saturated heterocycles. The van der Waals surface area contributed by atoms with Gasteiger partial charge in [-0.2, -0.15) is 0 Å². The summed E-state index contributed by atoms with van der Waals surface area (Å²) in [6.07, 6.45) is 0.274. The number of rotatable bonds is 2. The van der Waals surface area contributed by atoms with E-state index in [2.05, 4.69) is 5.32 Å². The van der Waals surface area contributed by atoms with Crippen LogP contribution < -0.4 is 5.32 Å². The van der Waals surface area contributed by atoms with Gasteiger partial charge in [0.25, 0.3) is 0 Å². The van der Waals surface area contributed by atoms with Crippen molar-refractivity contribution in [2.45, 2.75) is 18.9 Å². The predicted molar refractivity (Wildman–Crippen MR) is 90.3 cm³/mol. The van der Waals surface area contributed by atoms with Crippen molar-refractivity contribution in [2.75, 3.05) is 7.05 Å². The first-order valence-corrected chi connectivity index (χ1v) is 8.24. The van der Waals surface area contributed by atoms with Gasteiger partial charge in [0.1, 0.15) is 5.82 Å². The van der Waals surface area contributed by atoms with Crippen LogP contribution in [-0.2, 0) is 10.3 Å². The lowest BCUT2D eigenvalue weighted by atomic mass is 9.92. The second-order valence-electron chi connectivity index (χ2n) is 5.76. The molecule has 2 heterocycles. The third kappa shape index (κ3) is 2.84. The lowest BCUT2D eigenvalue weighted by molar-refractivity contribution is -0.129. The van der Waals surface area contributed by atoms with Crippen LogP contribution in [0.2, 0.25) is 5.02 Å². The molecular formula is C16H15ClFN3OS. The van der Waals surface area contributed by atoms with Crippen LogP contribution in [0.4, 0.5) is 4.39 Å². The van der Waals surface area contributed by atoms with Gasteiger partial charge in [-0.15, -0.1) is 11.3 Å². The number of hydrogen-bond donors (Lipinski definition) is 2. The standard InChI is InChI=1S/C16H15ClFN3OS/c1-16(7-14(22)21(2)15(19)20-16)13-6-10(8-23-13)9-3-4-12(18)11(17)5-9/h3-6,8H,7H2,1-2H3,(H2,19,20). The Kier molecular flexibility index (Phi) is 3.90. The molecule has 1 aromatic carbocycles. The third-order valence-corrected chi connectivity index (χ3v) is 5.49. The Morgan fingerprint density at radius 1 is 1.39 bits per heavy atom. The van der Waals surface area contributed by atoms with Gasteiger partial charge in [-0.25, -0.2) is 4.39 Å². The Bertz CT molecular complexity index is 786. The monoisotopic (exact) mass is 351 g/mol. The molecule has 1 amide bonds. The maximum absolute atomic E-state index is 13.3. The number of thiophene rings is 1. The van der Waals surface area contributed by atoms with Crippen LogP contribution in [0.3, 0.4) is 0 Å². The average molecular weight is 352 g/mol. The van der Waals surface area contributed by atoms with Crippen molar-refractivity contribution in [1.29, 1.82) is 5.41 Å². The van der Waals surface area contributed by atoms with Gasteiger partial charge in [-0.1, -0.05) is 17.7 Å². The maximum atomic E-state index is 13.3. The van der Waals surface area contributed by atoms with Gasteiger partial charge in [0.15, 0.2) is 5.96 Å². The molecular weight excluding hydrogens is 337 g/mol. The van der Waals surface area contributed by atoms with Crippen LogP contribution >= 0.6 is 22.9 Å². The summed E-state index contributed by atoms with van der Waals surface area (Å²) < 4.78 is 13.3. The minimum Gasteiger partial charge on any atom is -0.345 e. The van der Waals surface area contributed by atoms with Crippen molar-refractivity contribution >= 4 is 34.8 Å². The van der Waals surface area contributed by atoms with Crippen molar-refractivity contribution in [3.63, 3.8) is 0 Å². The van der Waals surface area contributed by atoms with Crippen molar-refractivity contribution in [3.8, 4) is 11.1 Å². The van der Waals surface area contributed by atoms with E-state index >= 15 is 0 Å². The summed E-state index contributed by atoms with van der Waals surface area (Å²) in [7, 11) is 1.58. The van der Waals surface area contributed by atoms with Gasteiger partial charge in [0, 0.05) is 11.9 Å². The van der Waals surface area contributed by atoms with E-state index in [1.165, 1.54) is 22.3 Å². The maximum Gasteiger partial charge on any atom is 0.231 e. The number of benzene rings is 1. The molecule has 1 unspecified atom stereocenters. The summed E-state index contributed by atoms with van der Waals surface area (Å²) in [5, 5.41) is 13.0. The number of guanidine groups is 1. The fourth-order valence-corrected chi connectivity index (χ4v) is 3.75. The Labute approximate surface area is 142 Å². The molecule has 2 aromatic rings. The third-order valence-electron chi connectivity index (χ3n) is 4.00. The molecule has 0 radical (unpaired) electrons. The Morgan fingerprint density at radius 3 is 2.78 bits per heavy atom. The lowest BCUT2D eigenvalue weighted by Crippen LogP contribution is -2.57. The van der Waals surface area contributed by atoms with E-state index in [1.807, 2.05) is 18.4 Å². The van der Waals surface area contributed by atoms with Crippen LogP contribution in [0.15, 0.2) is 29.6 Å². The summed E-state index contributed by atoms with van der Waals surface area (Å²) in [4.78, 5) is 14.3. The highest BCUT2D eigenvalue weighted by atomic mass is 35.5. The molecule has 120 valence electrons. The number of nitrogens with one attached hydrogen (secondary N) is 2. The molecule has 7 heteroatoms. The molecule has 0 spiro atoms. The predicted octanol–water partition coefficient (Wildman–Crippen LogP) is 3.81. The van der Waals surface area contributed by atoms with Gasteiger partial charge in [-0.3, -0.25) is 15.1 Å². The molecule has 0 saturated carbocycles. The molecule has 1 aromatic heterocycles. The first kappa shape index (κ1) is 16.0. The quantitative estimate of drug-likeness (QED) is 0.864. The summed E-state index contributed by atoms with van der Waals surface area (Å²) in [5.74, 6) is -0.464. The number of nitrogens with zero attached hydrogens (tertiary/aromatic N) is 1. The summed E-state index contributed by atoms with van der Waals surface area (Å²) >= 11 is 7.34. The Morgan fingerprint density at radius 2 is 2.13 bits per heavy atom. The second kappa shape index (κ2) is 5.62. The number of hydrogen-bond acceptors (Lipinski definition) is 3. The van der Waals surface area contributed by atoms with Gasteiger partial charge in [-0.05, 0) is 41.6 Å². The summed E-state index contributed by atoms with van der Waals surface area (Å²) in [6.45, 7) is 1.90. The van der Waals surface area contributed by atoms with Crippen LogP contribution in [0.5, 0.6) is 0 Å². The minimum atomic E-state index is -0.618. The van der Waals surface area contributed by atoms with Crippen molar-refractivity contribution in [2.24, 2.45) is 0 Å². The molecule has 1 aliphatic heterocycles. The number of halogens is 2. The van der Waals surface area contributed by atoms with Crippen LogP contribution in [0, 0.1) is 11.2 Å². The summed E-state index contributed by atoms with van der Waals surface area (Å²) in [5.41, 5.74) is 1.11. The molecule has 1 fully saturated rings. The molecule has 23 heavy (non-hydrogen) atoms. The van der Waals surface area contributed by atoms with E-state index < -0.39 is 11.4 Å². The molecule has 0 bridgehead atoms. The zero-order chi connectivity index (χ0) is 16.8. The van der Waals surface area contributed by atoms with Crippen LogP contribution in [0.1, 0.15) is 18.2 Å². The lowest BCUT2D eigenvalue weighted by Gasteiger charge is -2.38. The molecule has 1 atom stereocenters. The molecule has 4 nitrogen and oxygen atoms in total. The highest BCUT2D eigenvalue weighted by molar-refractivity contribution is 7.10. The first-order valence-electron chi connectivity index (χ1n) is 6.98. The van der Waals surface area contributed by atoms with Crippen molar-refractivity contribution in [1.82, 2.24) is 10.2 Å². The van der Waals surface area contributed by atoms with Gasteiger partial charge in [0.05, 0.1) is 17.0 Å². The van der Waals surface area contributed by atoms with Gasteiger partial charge < -0.3 is 5.32 Å². The fraction of sp³-hybridized carbons (Fsp3) is 0.250. The molecule has 3 rings (SSSR count). The largest absolute Gasteiger partial charge is 0.345 e. The summed E-state index contributed by atoms with van der Waals surface area (Å²) in [6, 6.07) is 6.54. The second-order valence-corrected chi connectivity index (χ2v) is 7.08. The highest BCUT2D eigenvalue weighted by Gasteiger charge is 2.38. The minimum absolute atomic E-state index is 0.0795. The van der Waals surface area contributed by atoms with E-state index in [1.54, 1.807) is 19.2 Å². The number of amides is 1. The van der Waals surface area contributed by atoms with E-state index in [0.29, 0.717) is 0 Å². The highest BCUT2D eigenvalue weighted by Crippen LogP contribution is 2.37. The zero-order valence-electron chi connectivity index (χ0n) is 12.6. The van der Waals surface area contributed by atoms with E-state index in [4.69, 9.17) is 17.0 Å². The Balaban J connectivity index is 1.93. The SMILES string of the molecule is CN1C(=N)NC(C)(c2cc(-c3ccc(F)c(Cl)c3)cs2)CC1=O. The topological polar surface area (TPSA) is 56.2 Å². The van der Waals surface area contributed by atoms with E-state index in [0.717, 1.165) is 16.0 Å². The van der Waals surface area contributed by atoms with E-state index in [9.17, 15) is 9.18 Å². The molecule has 1 aliphatic rings.